The van der Waals surface area contributed by atoms with E-state index in [4.69, 9.17) is 29.3 Å². The van der Waals surface area contributed by atoms with E-state index in [0.29, 0.717) is 18.0 Å². The molecule has 3 aromatic rings. The van der Waals surface area contributed by atoms with E-state index >= 15 is 0 Å². The van der Waals surface area contributed by atoms with Crippen LogP contribution in [0, 0.1) is 6.92 Å². The molecule has 1 saturated heterocycles. The van der Waals surface area contributed by atoms with E-state index in [2.05, 4.69) is 20.4 Å². The number of halogens is 6. The number of alkyl halides is 6. The second-order valence-corrected chi connectivity index (χ2v) is 9.39. The lowest BCUT2D eigenvalue weighted by Crippen LogP contribution is -2.25. The number of carboxylic acids is 2. The lowest BCUT2D eigenvalue weighted by molar-refractivity contribution is -0.193. The molecule has 11 nitrogen and oxygen atoms in total. The van der Waals surface area contributed by atoms with E-state index in [0.717, 1.165) is 41.9 Å². The number of aryl methyl sites for hydroxylation is 1. The Hall–Kier alpha value is -4.80. The van der Waals surface area contributed by atoms with Crippen molar-refractivity contribution >= 4 is 23.7 Å². The summed E-state index contributed by atoms with van der Waals surface area (Å²) in [6.07, 6.45) is -4.61. The highest BCUT2D eigenvalue weighted by Crippen LogP contribution is 2.31. The van der Waals surface area contributed by atoms with Gasteiger partial charge < -0.3 is 19.7 Å². The average molecular weight is 649 g/mol. The number of amides is 1. The van der Waals surface area contributed by atoms with Crippen molar-refractivity contribution in [3.8, 4) is 16.9 Å². The number of ether oxygens (including phenoxy) is 2. The zero-order chi connectivity index (χ0) is 33.6. The summed E-state index contributed by atoms with van der Waals surface area (Å²) in [7, 11) is 0. The number of aromatic nitrogens is 2. The molecule has 0 unspecified atom stereocenters. The number of carbonyl (C=O) groups excluding carboxylic acids is 1. The summed E-state index contributed by atoms with van der Waals surface area (Å²) in [4.78, 5) is 32.6. The monoisotopic (exact) mass is 648 g/mol. The minimum absolute atomic E-state index is 0.214. The molecule has 4 rings (SSSR count). The highest BCUT2D eigenvalue weighted by atomic mass is 19.4. The van der Waals surface area contributed by atoms with Gasteiger partial charge in [-0.3, -0.25) is 15.3 Å². The van der Waals surface area contributed by atoms with Crippen molar-refractivity contribution in [3.63, 3.8) is 0 Å². The highest BCUT2D eigenvalue weighted by Gasteiger charge is 2.38. The van der Waals surface area contributed by atoms with Gasteiger partial charge in [-0.2, -0.15) is 31.4 Å². The van der Waals surface area contributed by atoms with E-state index in [9.17, 15) is 31.1 Å². The minimum Gasteiger partial charge on any atom is -0.490 e. The smallest absolute Gasteiger partial charge is 0.490 e. The van der Waals surface area contributed by atoms with Gasteiger partial charge in [0.25, 0.3) is 0 Å². The van der Waals surface area contributed by atoms with Crippen LogP contribution in [-0.2, 0) is 20.9 Å². The molecule has 2 aromatic carbocycles. The third kappa shape index (κ3) is 13.6. The fraction of sp³-hybridized carbons (Fsp3) is 0.357. The summed E-state index contributed by atoms with van der Waals surface area (Å²) in [5.74, 6) is -4.90. The molecular weight excluding hydrogens is 618 g/mol. The van der Waals surface area contributed by atoms with Gasteiger partial charge in [-0.25, -0.2) is 14.4 Å². The van der Waals surface area contributed by atoms with Crippen molar-refractivity contribution in [1.29, 1.82) is 0 Å². The minimum atomic E-state index is -5.08. The maximum Gasteiger partial charge on any atom is 0.490 e. The molecule has 1 aliphatic heterocycles. The molecule has 1 fully saturated rings. The van der Waals surface area contributed by atoms with Crippen molar-refractivity contribution in [3.05, 3.63) is 66.0 Å². The fourth-order valence-corrected chi connectivity index (χ4v) is 3.72. The van der Waals surface area contributed by atoms with Gasteiger partial charge in [0.15, 0.2) is 0 Å². The number of hydrogen-bond donors (Lipinski definition) is 4. The SMILES string of the molecule is Cc1cccc(COC(=O)Nc2ccc(-c3cn[nH]c3)cc2OCCN2CCCC2)c1.O=C(O)C(F)(F)F.O=C(O)C(F)(F)F. The first-order valence-electron chi connectivity index (χ1n) is 13.1. The average Bonchev–Trinajstić information content (AvgIpc) is 3.68. The van der Waals surface area contributed by atoms with Gasteiger partial charge in [0.1, 0.15) is 19.0 Å². The predicted octanol–water partition coefficient (Wildman–Crippen LogP) is 5.88. The molecule has 0 bridgehead atoms. The molecule has 1 amide bonds. The van der Waals surface area contributed by atoms with Gasteiger partial charge in [0.2, 0.25) is 0 Å². The molecule has 1 aliphatic rings. The molecule has 2 heterocycles. The Balaban J connectivity index is 0.000000421. The molecule has 0 radical (unpaired) electrons. The first-order chi connectivity index (χ1) is 21.1. The number of aromatic amines is 1. The second kappa shape index (κ2) is 16.9. The van der Waals surface area contributed by atoms with Crippen LogP contribution in [0.15, 0.2) is 54.9 Å². The van der Waals surface area contributed by atoms with Crippen molar-refractivity contribution in [2.75, 3.05) is 31.6 Å². The van der Waals surface area contributed by atoms with Crippen LogP contribution in [0.3, 0.4) is 0 Å². The normalized spacial score (nSPS) is 13.0. The summed E-state index contributed by atoms with van der Waals surface area (Å²) < 4.78 is 74.9. The van der Waals surface area contributed by atoms with Crippen LogP contribution in [-0.4, -0.2) is 81.9 Å². The van der Waals surface area contributed by atoms with Gasteiger partial charge in [0, 0.05) is 18.3 Å². The van der Waals surface area contributed by atoms with Crippen LogP contribution >= 0.6 is 0 Å². The number of aliphatic carboxylic acids is 2. The van der Waals surface area contributed by atoms with Gasteiger partial charge in [-0.1, -0.05) is 35.9 Å². The number of carbonyl (C=O) groups is 3. The Morgan fingerprint density at radius 3 is 2.11 bits per heavy atom. The fourth-order valence-electron chi connectivity index (χ4n) is 3.72. The van der Waals surface area contributed by atoms with Crippen LogP contribution in [0.25, 0.3) is 11.1 Å². The Morgan fingerprint density at radius 2 is 1.58 bits per heavy atom. The largest absolute Gasteiger partial charge is 0.490 e. The number of hydrogen-bond acceptors (Lipinski definition) is 7. The van der Waals surface area contributed by atoms with E-state index < -0.39 is 30.4 Å². The van der Waals surface area contributed by atoms with E-state index in [1.807, 2.05) is 55.6 Å². The molecule has 1 aromatic heterocycles. The lowest BCUT2D eigenvalue weighted by Gasteiger charge is -2.17. The van der Waals surface area contributed by atoms with E-state index in [1.54, 1.807) is 6.20 Å². The molecule has 0 saturated carbocycles. The Kier molecular flexibility index (Phi) is 13.7. The lowest BCUT2D eigenvalue weighted by atomic mass is 10.1. The summed E-state index contributed by atoms with van der Waals surface area (Å²) >= 11 is 0. The Morgan fingerprint density at radius 1 is 0.956 bits per heavy atom. The molecule has 4 N–H and O–H groups in total. The first-order valence-corrected chi connectivity index (χ1v) is 13.1. The Bertz CT molecular complexity index is 1370. The molecule has 0 atom stereocenters. The Labute approximate surface area is 252 Å². The molecule has 0 spiro atoms. The third-order valence-electron chi connectivity index (χ3n) is 5.85. The molecular formula is C28H30F6N4O7. The molecule has 45 heavy (non-hydrogen) atoms. The summed E-state index contributed by atoms with van der Waals surface area (Å²) in [6.45, 7) is 5.89. The summed E-state index contributed by atoms with van der Waals surface area (Å²) in [5.41, 5.74) is 4.59. The standard InChI is InChI=1S/C24H28N4O3.2C2HF3O2/c1-18-5-4-6-19(13-18)17-31-24(29)27-22-8-7-20(21-15-25-26-16-21)14-23(22)30-12-11-28-9-2-3-10-28;2*3-2(4,5)1(6)7/h4-8,13-16H,2-3,9-12,17H2,1H3,(H,25,26)(H,27,29);2*(H,6,7). The van der Waals surface area contributed by atoms with E-state index in [-0.39, 0.29) is 6.61 Å². The number of rotatable bonds is 8. The van der Waals surface area contributed by atoms with Crippen LogP contribution < -0.4 is 10.1 Å². The number of nitrogens with one attached hydrogen (secondary N) is 2. The predicted molar refractivity (Wildman–Crippen MR) is 148 cm³/mol. The van der Waals surface area contributed by atoms with Crippen molar-refractivity contribution in [2.45, 2.75) is 38.7 Å². The number of nitrogens with zero attached hydrogens (tertiary/aromatic N) is 2. The molecule has 246 valence electrons. The maximum absolute atomic E-state index is 12.4. The van der Waals surface area contributed by atoms with Gasteiger partial charge in [-0.15, -0.1) is 0 Å². The van der Waals surface area contributed by atoms with E-state index in [1.165, 1.54) is 12.8 Å². The number of likely N-dealkylation sites (tertiary alicyclic amines) is 1. The third-order valence-corrected chi connectivity index (χ3v) is 5.85. The number of benzene rings is 2. The van der Waals surface area contributed by atoms with Gasteiger partial charge >= 0.3 is 30.4 Å². The summed E-state index contributed by atoms with van der Waals surface area (Å²) in [5, 5.41) is 23.9. The van der Waals surface area contributed by atoms with Gasteiger partial charge in [0.05, 0.1) is 11.9 Å². The van der Waals surface area contributed by atoms with Crippen molar-refractivity contribution in [1.82, 2.24) is 15.1 Å². The van der Waals surface area contributed by atoms with Crippen LogP contribution in [0.5, 0.6) is 5.75 Å². The summed E-state index contributed by atoms with van der Waals surface area (Å²) in [6, 6.07) is 13.6. The maximum atomic E-state index is 12.4. The van der Waals surface area contributed by atoms with Gasteiger partial charge in [-0.05, 0) is 56.1 Å². The topological polar surface area (TPSA) is 154 Å². The number of carboxylic acid groups (broad SMARTS) is 2. The van der Waals surface area contributed by atoms with Crippen molar-refractivity contribution in [2.24, 2.45) is 0 Å². The van der Waals surface area contributed by atoms with Crippen LogP contribution in [0.4, 0.5) is 36.8 Å². The first kappa shape index (κ1) is 36.4. The number of H-pyrrole nitrogens is 1. The quantitative estimate of drug-likeness (QED) is 0.220. The molecule has 17 heteroatoms. The number of anilines is 1. The molecule has 0 aliphatic carbocycles. The van der Waals surface area contributed by atoms with Crippen LogP contribution in [0.1, 0.15) is 24.0 Å². The highest BCUT2D eigenvalue weighted by molar-refractivity contribution is 5.87. The zero-order valence-corrected chi connectivity index (χ0v) is 23.7. The zero-order valence-electron chi connectivity index (χ0n) is 23.7. The van der Waals surface area contributed by atoms with Crippen molar-refractivity contribution < 1.29 is 60.4 Å². The van der Waals surface area contributed by atoms with Crippen LogP contribution in [0.2, 0.25) is 0 Å². The second-order valence-electron chi connectivity index (χ2n) is 9.39.